The number of pyridine rings is 1. The standard InChI is InChI=1S/C15H20BrN3O2/c16-13-4-1-5-17-14(13)15(20)19-8-6-18(7-9-19)11-12-3-2-10-21-12/h1,4-5,12H,2-3,6-11H2. The molecule has 0 N–H and O–H groups in total. The van der Waals surface area contributed by atoms with Crippen LogP contribution in [-0.2, 0) is 4.74 Å². The van der Waals surface area contributed by atoms with Gasteiger partial charge in [-0.15, -0.1) is 0 Å². The van der Waals surface area contributed by atoms with Crippen LogP contribution in [0.2, 0.25) is 0 Å². The van der Waals surface area contributed by atoms with Gasteiger partial charge in [0.05, 0.1) is 6.10 Å². The molecule has 0 saturated carbocycles. The summed E-state index contributed by atoms with van der Waals surface area (Å²) in [6, 6.07) is 3.67. The summed E-state index contributed by atoms with van der Waals surface area (Å²) in [6.07, 6.45) is 4.39. The highest BCUT2D eigenvalue weighted by Crippen LogP contribution is 2.18. The molecule has 1 unspecified atom stereocenters. The van der Waals surface area contributed by atoms with Gasteiger partial charge in [0.15, 0.2) is 0 Å². The Kier molecular flexibility index (Phi) is 4.87. The van der Waals surface area contributed by atoms with Crippen LogP contribution >= 0.6 is 15.9 Å². The minimum Gasteiger partial charge on any atom is -0.377 e. The van der Waals surface area contributed by atoms with E-state index >= 15 is 0 Å². The van der Waals surface area contributed by atoms with E-state index < -0.39 is 0 Å². The van der Waals surface area contributed by atoms with Crippen LogP contribution in [0.3, 0.4) is 0 Å². The molecule has 1 atom stereocenters. The molecule has 0 aromatic carbocycles. The SMILES string of the molecule is O=C(c1ncccc1Br)N1CCN(CC2CCCO2)CC1. The average Bonchev–Trinajstić information content (AvgIpc) is 3.01. The van der Waals surface area contributed by atoms with Crippen molar-refractivity contribution in [2.75, 3.05) is 39.3 Å². The average molecular weight is 354 g/mol. The van der Waals surface area contributed by atoms with Crippen LogP contribution in [0, 0.1) is 0 Å². The van der Waals surface area contributed by atoms with E-state index in [1.807, 2.05) is 17.0 Å². The fraction of sp³-hybridized carbons (Fsp3) is 0.600. The molecule has 5 nitrogen and oxygen atoms in total. The lowest BCUT2D eigenvalue weighted by atomic mass is 10.2. The van der Waals surface area contributed by atoms with Crippen LogP contribution in [0.4, 0.5) is 0 Å². The topological polar surface area (TPSA) is 45.7 Å². The van der Waals surface area contributed by atoms with Gasteiger partial charge in [0.1, 0.15) is 5.69 Å². The number of piperazine rings is 1. The highest BCUT2D eigenvalue weighted by molar-refractivity contribution is 9.10. The van der Waals surface area contributed by atoms with Crippen molar-refractivity contribution in [3.63, 3.8) is 0 Å². The van der Waals surface area contributed by atoms with Gasteiger partial charge in [-0.1, -0.05) is 0 Å². The van der Waals surface area contributed by atoms with Crippen molar-refractivity contribution in [3.8, 4) is 0 Å². The molecule has 6 heteroatoms. The summed E-state index contributed by atoms with van der Waals surface area (Å²) in [5.74, 6) is 0.0132. The molecule has 3 heterocycles. The van der Waals surface area contributed by atoms with E-state index in [2.05, 4.69) is 25.8 Å². The van der Waals surface area contributed by atoms with Crippen LogP contribution < -0.4 is 0 Å². The number of carbonyl (C=O) groups excluding carboxylic acids is 1. The van der Waals surface area contributed by atoms with Gasteiger partial charge in [-0.05, 0) is 40.9 Å². The van der Waals surface area contributed by atoms with Gasteiger partial charge in [0.2, 0.25) is 0 Å². The summed E-state index contributed by atoms with van der Waals surface area (Å²) in [6.45, 7) is 5.24. The Hall–Kier alpha value is -0.980. The molecule has 1 aromatic rings. The minimum atomic E-state index is 0.0132. The maximum Gasteiger partial charge on any atom is 0.273 e. The lowest BCUT2D eigenvalue weighted by Crippen LogP contribution is -2.50. The molecule has 1 amide bonds. The van der Waals surface area contributed by atoms with Crippen LogP contribution in [-0.4, -0.2) is 66.1 Å². The molecule has 2 saturated heterocycles. The highest BCUT2D eigenvalue weighted by Gasteiger charge is 2.26. The van der Waals surface area contributed by atoms with Crippen LogP contribution in [0.5, 0.6) is 0 Å². The first-order valence-corrected chi connectivity index (χ1v) is 8.27. The number of rotatable bonds is 3. The van der Waals surface area contributed by atoms with Gasteiger partial charge in [0, 0.05) is 50.0 Å². The first-order chi connectivity index (χ1) is 10.2. The number of ether oxygens (including phenoxy) is 1. The number of amides is 1. The van der Waals surface area contributed by atoms with Crippen LogP contribution in [0.1, 0.15) is 23.3 Å². The van der Waals surface area contributed by atoms with Crippen molar-refractivity contribution in [1.82, 2.24) is 14.8 Å². The Morgan fingerprint density at radius 3 is 2.86 bits per heavy atom. The summed E-state index contributed by atoms with van der Waals surface area (Å²) in [7, 11) is 0. The summed E-state index contributed by atoms with van der Waals surface area (Å²) in [4.78, 5) is 20.9. The van der Waals surface area contributed by atoms with E-state index in [9.17, 15) is 4.79 Å². The van der Waals surface area contributed by atoms with Crippen molar-refractivity contribution >= 4 is 21.8 Å². The van der Waals surface area contributed by atoms with Gasteiger partial charge < -0.3 is 9.64 Å². The number of hydrogen-bond acceptors (Lipinski definition) is 4. The molecule has 3 rings (SSSR count). The monoisotopic (exact) mass is 353 g/mol. The molecule has 0 spiro atoms. The number of carbonyl (C=O) groups is 1. The molecule has 1 aromatic heterocycles. The van der Waals surface area contributed by atoms with Crippen LogP contribution in [0.15, 0.2) is 22.8 Å². The molecule has 0 radical (unpaired) electrons. The molecule has 0 aliphatic carbocycles. The van der Waals surface area contributed by atoms with Gasteiger partial charge in [0.25, 0.3) is 5.91 Å². The van der Waals surface area contributed by atoms with Crippen molar-refractivity contribution in [2.24, 2.45) is 0 Å². The third-order valence-electron chi connectivity index (χ3n) is 4.11. The van der Waals surface area contributed by atoms with E-state index in [0.29, 0.717) is 11.8 Å². The zero-order valence-electron chi connectivity index (χ0n) is 12.0. The first kappa shape index (κ1) is 14.9. The summed E-state index contributed by atoms with van der Waals surface area (Å²) in [5, 5.41) is 0. The quantitative estimate of drug-likeness (QED) is 0.830. The fourth-order valence-corrected chi connectivity index (χ4v) is 3.33. The minimum absolute atomic E-state index is 0.0132. The molecule has 2 aliphatic heterocycles. The van der Waals surface area contributed by atoms with Gasteiger partial charge in [-0.25, -0.2) is 4.98 Å². The number of nitrogens with zero attached hydrogens (tertiary/aromatic N) is 3. The predicted octanol–water partition coefficient (Wildman–Crippen LogP) is 1.78. The lowest BCUT2D eigenvalue weighted by molar-refractivity contribution is 0.0429. The third-order valence-corrected chi connectivity index (χ3v) is 4.75. The van der Waals surface area contributed by atoms with E-state index in [4.69, 9.17) is 4.74 Å². The van der Waals surface area contributed by atoms with E-state index in [-0.39, 0.29) is 5.91 Å². The molecule has 2 aliphatic rings. The second kappa shape index (κ2) is 6.85. The molecule has 0 bridgehead atoms. The predicted molar refractivity (Wildman–Crippen MR) is 83.3 cm³/mol. The van der Waals surface area contributed by atoms with Crippen molar-refractivity contribution in [3.05, 3.63) is 28.5 Å². The Morgan fingerprint density at radius 1 is 1.38 bits per heavy atom. The summed E-state index contributed by atoms with van der Waals surface area (Å²) < 4.78 is 6.44. The Bertz CT molecular complexity index is 497. The summed E-state index contributed by atoms with van der Waals surface area (Å²) >= 11 is 3.40. The largest absolute Gasteiger partial charge is 0.377 e. The third kappa shape index (κ3) is 3.62. The van der Waals surface area contributed by atoms with E-state index in [1.54, 1.807) is 6.20 Å². The van der Waals surface area contributed by atoms with Crippen molar-refractivity contribution in [2.45, 2.75) is 18.9 Å². The fourth-order valence-electron chi connectivity index (χ4n) is 2.90. The Labute approximate surface area is 133 Å². The molecule has 2 fully saturated rings. The zero-order chi connectivity index (χ0) is 14.7. The van der Waals surface area contributed by atoms with Crippen molar-refractivity contribution < 1.29 is 9.53 Å². The van der Waals surface area contributed by atoms with Crippen molar-refractivity contribution in [1.29, 1.82) is 0 Å². The van der Waals surface area contributed by atoms with Gasteiger partial charge in [-0.3, -0.25) is 9.69 Å². The summed E-state index contributed by atoms with van der Waals surface area (Å²) in [5.41, 5.74) is 0.505. The Balaban J connectivity index is 1.53. The maximum absolute atomic E-state index is 12.5. The van der Waals surface area contributed by atoms with E-state index in [0.717, 1.165) is 43.8 Å². The van der Waals surface area contributed by atoms with Gasteiger partial charge >= 0.3 is 0 Å². The second-order valence-corrected chi connectivity index (χ2v) is 6.42. The molecule has 21 heavy (non-hydrogen) atoms. The first-order valence-electron chi connectivity index (χ1n) is 7.48. The second-order valence-electron chi connectivity index (χ2n) is 5.56. The van der Waals surface area contributed by atoms with Crippen LogP contribution in [0.25, 0.3) is 0 Å². The van der Waals surface area contributed by atoms with Gasteiger partial charge in [-0.2, -0.15) is 0 Å². The Morgan fingerprint density at radius 2 is 2.19 bits per heavy atom. The number of aromatic nitrogens is 1. The lowest BCUT2D eigenvalue weighted by Gasteiger charge is -2.35. The smallest absolute Gasteiger partial charge is 0.273 e. The van der Waals surface area contributed by atoms with E-state index in [1.165, 1.54) is 12.8 Å². The molecular formula is C15H20BrN3O2. The zero-order valence-corrected chi connectivity index (χ0v) is 13.6. The number of hydrogen-bond donors (Lipinski definition) is 0. The molecular weight excluding hydrogens is 334 g/mol. The number of halogens is 1. The highest BCUT2D eigenvalue weighted by atomic mass is 79.9. The maximum atomic E-state index is 12.5. The molecule has 114 valence electrons. The normalized spacial score (nSPS) is 23.5.